The fraction of sp³-hybridized carbons (Fsp3) is 0.438. The first-order valence-corrected chi connectivity index (χ1v) is 6.43. The highest BCUT2D eigenvalue weighted by atomic mass is 16.5. The Hall–Kier alpha value is -1.77. The van der Waals surface area contributed by atoms with Crippen molar-refractivity contribution in [3.63, 3.8) is 0 Å². The fourth-order valence-corrected chi connectivity index (χ4v) is 1.74. The molecule has 0 aliphatic carbocycles. The van der Waals surface area contributed by atoms with E-state index in [0.717, 1.165) is 17.7 Å². The number of benzene rings is 1. The zero-order valence-corrected chi connectivity index (χ0v) is 12.1. The second-order valence-corrected chi connectivity index (χ2v) is 5.63. The van der Waals surface area contributed by atoms with Gasteiger partial charge in [0.25, 0.3) is 0 Å². The third kappa shape index (κ3) is 4.12. The Bertz CT molecular complexity index is 481. The van der Waals surface area contributed by atoms with Crippen molar-refractivity contribution in [1.29, 1.82) is 0 Å². The lowest BCUT2D eigenvalue weighted by Gasteiger charge is -2.23. The van der Waals surface area contributed by atoms with Gasteiger partial charge in [-0.3, -0.25) is 0 Å². The Balaban J connectivity index is 3.00. The second-order valence-electron chi connectivity index (χ2n) is 5.63. The maximum absolute atomic E-state index is 10.7. The SMILES string of the molecule is C=C(COc1ccc(CC)cc1C(C)(C)C)C(=O)O. The monoisotopic (exact) mass is 262 g/mol. The van der Waals surface area contributed by atoms with Crippen molar-refractivity contribution in [3.8, 4) is 5.75 Å². The molecule has 0 aliphatic heterocycles. The maximum Gasteiger partial charge on any atom is 0.334 e. The van der Waals surface area contributed by atoms with E-state index in [9.17, 15) is 4.79 Å². The third-order valence-electron chi connectivity index (χ3n) is 2.96. The van der Waals surface area contributed by atoms with Crippen LogP contribution in [0, 0.1) is 0 Å². The highest BCUT2D eigenvalue weighted by Crippen LogP contribution is 2.32. The number of hydrogen-bond donors (Lipinski definition) is 1. The topological polar surface area (TPSA) is 46.5 Å². The summed E-state index contributed by atoms with van der Waals surface area (Å²) in [7, 11) is 0. The van der Waals surface area contributed by atoms with Crippen molar-refractivity contribution in [2.24, 2.45) is 0 Å². The van der Waals surface area contributed by atoms with Crippen LogP contribution in [-0.2, 0) is 16.6 Å². The largest absolute Gasteiger partial charge is 0.488 e. The summed E-state index contributed by atoms with van der Waals surface area (Å²) in [4.78, 5) is 10.7. The molecule has 3 heteroatoms. The van der Waals surface area contributed by atoms with Gasteiger partial charge < -0.3 is 9.84 Å². The van der Waals surface area contributed by atoms with E-state index in [4.69, 9.17) is 9.84 Å². The molecular weight excluding hydrogens is 240 g/mol. The van der Waals surface area contributed by atoms with E-state index in [1.807, 2.05) is 12.1 Å². The third-order valence-corrected chi connectivity index (χ3v) is 2.96. The van der Waals surface area contributed by atoms with Crippen molar-refractivity contribution in [1.82, 2.24) is 0 Å². The number of carbonyl (C=O) groups is 1. The zero-order valence-electron chi connectivity index (χ0n) is 12.1. The molecule has 0 aliphatic rings. The number of aryl methyl sites for hydroxylation is 1. The second kappa shape index (κ2) is 5.91. The van der Waals surface area contributed by atoms with Gasteiger partial charge in [0.15, 0.2) is 0 Å². The van der Waals surface area contributed by atoms with E-state index in [1.165, 1.54) is 5.56 Å². The minimum atomic E-state index is -1.03. The molecule has 1 N–H and O–H groups in total. The van der Waals surface area contributed by atoms with Gasteiger partial charge >= 0.3 is 5.97 Å². The van der Waals surface area contributed by atoms with Gasteiger partial charge in [0.05, 0.1) is 5.57 Å². The summed E-state index contributed by atoms with van der Waals surface area (Å²) in [6, 6.07) is 6.04. The van der Waals surface area contributed by atoms with Crippen LogP contribution in [0.15, 0.2) is 30.4 Å². The molecule has 104 valence electrons. The van der Waals surface area contributed by atoms with Gasteiger partial charge in [-0.15, -0.1) is 0 Å². The smallest absolute Gasteiger partial charge is 0.334 e. The molecule has 0 bridgehead atoms. The van der Waals surface area contributed by atoms with Crippen LogP contribution in [0.3, 0.4) is 0 Å². The maximum atomic E-state index is 10.7. The lowest BCUT2D eigenvalue weighted by atomic mass is 9.85. The summed E-state index contributed by atoms with van der Waals surface area (Å²) in [6.07, 6.45) is 0.963. The summed E-state index contributed by atoms with van der Waals surface area (Å²) in [5.74, 6) is -0.297. The number of aliphatic carboxylic acids is 1. The van der Waals surface area contributed by atoms with Crippen LogP contribution in [0.25, 0.3) is 0 Å². The lowest BCUT2D eigenvalue weighted by molar-refractivity contribution is -0.133. The molecule has 1 aromatic rings. The minimum Gasteiger partial charge on any atom is -0.488 e. The van der Waals surface area contributed by atoms with Crippen LogP contribution < -0.4 is 4.74 Å². The summed E-state index contributed by atoms with van der Waals surface area (Å²) < 4.78 is 5.61. The number of carboxylic acid groups (broad SMARTS) is 1. The predicted molar refractivity (Wildman–Crippen MR) is 76.8 cm³/mol. The molecule has 1 aromatic carbocycles. The lowest BCUT2D eigenvalue weighted by Crippen LogP contribution is -2.16. The molecule has 0 aromatic heterocycles. The molecule has 0 heterocycles. The summed E-state index contributed by atoms with van der Waals surface area (Å²) in [5, 5.41) is 8.79. The molecule has 3 nitrogen and oxygen atoms in total. The molecule has 0 atom stereocenters. The van der Waals surface area contributed by atoms with Crippen LogP contribution in [0.4, 0.5) is 0 Å². The average molecular weight is 262 g/mol. The molecule has 0 unspecified atom stereocenters. The molecule has 0 saturated carbocycles. The van der Waals surface area contributed by atoms with Crippen molar-refractivity contribution in [3.05, 3.63) is 41.5 Å². The van der Waals surface area contributed by atoms with E-state index in [0.29, 0.717) is 0 Å². The number of hydrogen-bond acceptors (Lipinski definition) is 2. The summed E-state index contributed by atoms with van der Waals surface area (Å²) in [5.41, 5.74) is 2.34. The Morgan fingerprint density at radius 3 is 2.47 bits per heavy atom. The number of carboxylic acids is 1. The molecule has 0 spiro atoms. The van der Waals surface area contributed by atoms with Crippen molar-refractivity contribution >= 4 is 5.97 Å². The Kier molecular flexibility index (Phi) is 4.76. The van der Waals surface area contributed by atoms with Crippen LogP contribution in [0.1, 0.15) is 38.8 Å². The highest BCUT2D eigenvalue weighted by Gasteiger charge is 2.20. The molecule has 0 fully saturated rings. The first kappa shape index (κ1) is 15.3. The molecule has 19 heavy (non-hydrogen) atoms. The highest BCUT2D eigenvalue weighted by molar-refractivity contribution is 5.86. The molecule has 0 amide bonds. The first-order chi connectivity index (χ1) is 8.75. The van der Waals surface area contributed by atoms with E-state index in [1.54, 1.807) is 0 Å². The Morgan fingerprint density at radius 1 is 1.37 bits per heavy atom. The van der Waals surface area contributed by atoms with Gasteiger partial charge in [-0.05, 0) is 29.0 Å². The minimum absolute atomic E-state index is 0.00385. The summed E-state index contributed by atoms with van der Waals surface area (Å²) >= 11 is 0. The van der Waals surface area contributed by atoms with Crippen LogP contribution in [-0.4, -0.2) is 17.7 Å². The molecule has 0 radical (unpaired) electrons. The van der Waals surface area contributed by atoms with Gasteiger partial charge in [0.1, 0.15) is 12.4 Å². The standard InChI is InChI=1S/C16H22O3/c1-6-12-7-8-14(13(9-12)16(3,4)5)19-10-11(2)15(17)18/h7-9H,2,6,10H2,1,3-5H3,(H,17,18). The van der Waals surface area contributed by atoms with Crippen LogP contribution in [0.5, 0.6) is 5.75 Å². The first-order valence-electron chi connectivity index (χ1n) is 6.43. The van der Waals surface area contributed by atoms with E-state index in [-0.39, 0.29) is 17.6 Å². The summed E-state index contributed by atoms with van der Waals surface area (Å²) in [6.45, 7) is 11.9. The van der Waals surface area contributed by atoms with Gasteiger partial charge in [-0.25, -0.2) is 4.79 Å². The Labute approximate surface area is 114 Å². The number of ether oxygens (including phenoxy) is 1. The average Bonchev–Trinajstić information content (AvgIpc) is 2.34. The predicted octanol–water partition coefficient (Wildman–Crippen LogP) is 3.57. The quantitative estimate of drug-likeness (QED) is 0.825. The number of rotatable bonds is 5. The van der Waals surface area contributed by atoms with Crippen molar-refractivity contribution in [2.75, 3.05) is 6.61 Å². The Morgan fingerprint density at radius 2 is 2.00 bits per heavy atom. The van der Waals surface area contributed by atoms with Crippen molar-refractivity contribution in [2.45, 2.75) is 39.5 Å². The molecule has 0 saturated heterocycles. The van der Waals surface area contributed by atoms with E-state index >= 15 is 0 Å². The van der Waals surface area contributed by atoms with Crippen LogP contribution in [0.2, 0.25) is 0 Å². The van der Waals surface area contributed by atoms with Gasteiger partial charge in [0.2, 0.25) is 0 Å². The van der Waals surface area contributed by atoms with Gasteiger partial charge in [0, 0.05) is 0 Å². The van der Waals surface area contributed by atoms with Crippen molar-refractivity contribution < 1.29 is 14.6 Å². The normalized spacial score (nSPS) is 11.2. The molecule has 1 rings (SSSR count). The van der Waals surface area contributed by atoms with E-state index < -0.39 is 5.97 Å². The fourth-order valence-electron chi connectivity index (χ4n) is 1.74. The van der Waals surface area contributed by atoms with Gasteiger partial charge in [-0.2, -0.15) is 0 Å². The van der Waals surface area contributed by atoms with E-state index in [2.05, 4.69) is 40.3 Å². The zero-order chi connectivity index (χ0) is 14.6. The van der Waals surface area contributed by atoms with Gasteiger partial charge in [-0.1, -0.05) is 46.4 Å². The van der Waals surface area contributed by atoms with Crippen LogP contribution >= 0.6 is 0 Å². The molecular formula is C16H22O3.